The maximum Gasteiger partial charge on any atom is 0.319 e. The van der Waals surface area contributed by atoms with Gasteiger partial charge in [0.25, 0.3) is 0 Å². The second-order valence-electron chi connectivity index (χ2n) is 5.67. The Labute approximate surface area is 135 Å². The highest BCUT2D eigenvalue weighted by Crippen LogP contribution is 2.23. The van der Waals surface area contributed by atoms with Crippen molar-refractivity contribution in [3.05, 3.63) is 41.4 Å². The van der Waals surface area contributed by atoms with E-state index >= 15 is 0 Å². The molecule has 122 valence electrons. The van der Waals surface area contributed by atoms with Crippen LogP contribution in [-0.2, 0) is 16.4 Å². The Morgan fingerprint density at radius 2 is 2.13 bits per heavy atom. The minimum atomic E-state index is -3.17. The van der Waals surface area contributed by atoms with E-state index in [1.54, 1.807) is 0 Å². The number of nitrogens with one attached hydrogen (secondary N) is 2. The molecule has 1 aromatic carbocycles. The van der Waals surface area contributed by atoms with Gasteiger partial charge in [0.2, 0.25) is 0 Å². The number of urea groups is 1. The Kier molecular flexibility index (Phi) is 3.89. The van der Waals surface area contributed by atoms with Crippen molar-refractivity contribution in [3.63, 3.8) is 0 Å². The summed E-state index contributed by atoms with van der Waals surface area (Å²) in [4.78, 5) is 12.0. The number of anilines is 1. The fourth-order valence-corrected chi connectivity index (χ4v) is 4.14. The van der Waals surface area contributed by atoms with Gasteiger partial charge in [-0.05, 0) is 44.2 Å². The highest BCUT2D eigenvalue weighted by molar-refractivity contribution is 7.94. The fraction of sp³-hybridized carbons (Fsp3) is 0.312. The molecule has 0 spiro atoms. The first kappa shape index (κ1) is 15.6. The lowest BCUT2D eigenvalue weighted by Crippen LogP contribution is -2.38. The third kappa shape index (κ3) is 3.24. The van der Waals surface area contributed by atoms with Gasteiger partial charge in [-0.2, -0.15) is 0 Å². The molecule has 6 nitrogen and oxygen atoms in total. The monoisotopic (exact) mass is 333 g/mol. The van der Waals surface area contributed by atoms with Crippen molar-refractivity contribution in [2.24, 2.45) is 0 Å². The molecule has 2 N–H and O–H groups in total. The van der Waals surface area contributed by atoms with Gasteiger partial charge in [0, 0.05) is 34.2 Å². The summed E-state index contributed by atoms with van der Waals surface area (Å²) in [5.41, 5.74) is 2.97. The Hall–Kier alpha value is -2.28. The molecule has 0 saturated carbocycles. The van der Waals surface area contributed by atoms with Crippen LogP contribution in [0.3, 0.4) is 0 Å². The van der Waals surface area contributed by atoms with Crippen molar-refractivity contribution < 1.29 is 13.2 Å². The number of hydrogen-bond donors (Lipinski definition) is 2. The molecule has 2 heterocycles. The molecule has 0 fully saturated rings. The minimum Gasteiger partial charge on any atom is -0.345 e. The highest BCUT2D eigenvalue weighted by atomic mass is 32.2. The number of benzene rings is 1. The van der Waals surface area contributed by atoms with Gasteiger partial charge in [0.15, 0.2) is 9.84 Å². The number of fused-ring (bicyclic) bond motifs is 1. The number of sulfone groups is 1. The topological polar surface area (TPSA) is 80.2 Å². The van der Waals surface area contributed by atoms with Crippen molar-refractivity contribution in [2.75, 3.05) is 11.1 Å². The van der Waals surface area contributed by atoms with Gasteiger partial charge in [-0.3, -0.25) is 0 Å². The van der Waals surface area contributed by atoms with Crippen LogP contribution in [0.15, 0.2) is 35.7 Å². The fourth-order valence-electron chi connectivity index (χ4n) is 2.91. The molecule has 7 heteroatoms. The van der Waals surface area contributed by atoms with Gasteiger partial charge in [-0.25, -0.2) is 13.2 Å². The van der Waals surface area contributed by atoms with Crippen LogP contribution in [0.1, 0.15) is 12.6 Å². The molecule has 0 bridgehead atoms. The Balaban J connectivity index is 1.72. The highest BCUT2D eigenvalue weighted by Gasteiger charge is 2.23. The average molecular weight is 333 g/mol. The summed E-state index contributed by atoms with van der Waals surface area (Å²) in [5.74, 6) is -0.0853. The number of rotatable bonds is 3. The first-order valence-electron chi connectivity index (χ1n) is 7.46. The van der Waals surface area contributed by atoms with Crippen LogP contribution in [-0.4, -0.2) is 30.8 Å². The number of hydrogen-bond acceptors (Lipinski definition) is 3. The van der Waals surface area contributed by atoms with Crippen LogP contribution in [0.2, 0.25) is 0 Å². The molecule has 1 unspecified atom stereocenters. The van der Waals surface area contributed by atoms with Gasteiger partial charge in [-0.1, -0.05) is 0 Å². The molecule has 0 radical (unpaired) electrons. The molecular formula is C16H19N3O3S. The predicted octanol–water partition coefficient (Wildman–Crippen LogP) is 2.40. The van der Waals surface area contributed by atoms with E-state index < -0.39 is 21.9 Å². The van der Waals surface area contributed by atoms with Crippen LogP contribution < -0.4 is 10.6 Å². The third-order valence-corrected chi connectivity index (χ3v) is 5.32. The molecule has 2 aromatic rings. The number of aryl methyl sites for hydroxylation is 2. The lowest BCUT2D eigenvalue weighted by molar-refractivity contribution is 0.251. The first-order chi connectivity index (χ1) is 10.9. The summed E-state index contributed by atoms with van der Waals surface area (Å²) in [7, 11) is -3.17. The van der Waals surface area contributed by atoms with Gasteiger partial charge < -0.3 is 15.2 Å². The van der Waals surface area contributed by atoms with Gasteiger partial charge in [-0.15, -0.1) is 0 Å². The normalized spacial score (nSPS) is 19.1. The second-order valence-corrected chi connectivity index (χ2v) is 7.60. The quantitative estimate of drug-likeness (QED) is 0.905. The Morgan fingerprint density at radius 3 is 2.78 bits per heavy atom. The Bertz CT molecular complexity index is 897. The molecule has 2 amide bonds. The molecule has 0 saturated heterocycles. The minimum absolute atomic E-state index is 0.0853. The lowest BCUT2D eigenvalue weighted by Gasteiger charge is -2.11. The zero-order valence-electron chi connectivity index (χ0n) is 13.0. The lowest BCUT2D eigenvalue weighted by atomic mass is 10.2. The van der Waals surface area contributed by atoms with Crippen molar-refractivity contribution in [1.29, 1.82) is 0 Å². The second kappa shape index (κ2) is 5.73. The number of carbonyl (C=O) groups is 1. The van der Waals surface area contributed by atoms with E-state index in [1.165, 1.54) is 11.8 Å². The summed E-state index contributed by atoms with van der Waals surface area (Å²) >= 11 is 0. The molecular weight excluding hydrogens is 314 g/mol. The number of nitrogens with zero attached hydrogens (tertiary/aromatic N) is 1. The van der Waals surface area contributed by atoms with E-state index in [1.807, 2.05) is 18.2 Å². The molecule has 1 aliphatic heterocycles. The van der Waals surface area contributed by atoms with E-state index in [0.717, 1.165) is 22.9 Å². The van der Waals surface area contributed by atoms with Gasteiger partial charge in [0.1, 0.15) is 0 Å². The van der Waals surface area contributed by atoms with Crippen LogP contribution in [0, 0.1) is 6.92 Å². The molecule has 23 heavy (non-hydrogen) atoms. The van der Waals surface area contributed by atoms with E-state index in [4.69, 9.17) is 0 Å². The SMILES string of the molecule is CCn1c(C)cc2cc(NC(=O)NC3C=CS(=O)(=O)C3)ccc21. The van der Waals surface area contributed by atoms with Crippen molar-refractivity contribution in [2.45, 2.75) is 26.4 Å². The maximum atomic E-state index is 12.0. The number of carbonyl (C=O) groups excluding carboxylic acids is 1. The number of amides is 2. The zero-order valence-corrected chi connectivity index (χ0v) is 13.9. The smallest absolute Gasteiger partial charge is 0.319 e. The summed E-state index contributed by atoms with van der Waals surface area (Å²) in [6.07, 6.45) is 1.49. The van der Waals surface area contributed by atoms with Gasteiger partial charge >= 0.3 is 6.03 Å². The molecule has 1 aliphatic rings. The maximum absolute atomic E-state index is 12.0. The molecule has 0 aliphatic carbocycles. The van der Waals surface area contributed by atoms with E-state index in [2.05, 4.69) is 35.1 Å². The summed E-state index contributed by atoms with van der Waals surface area (Å²) in [6, 6.07) is 6.91. The third-order valence-electron chi connectivity index (χ3n) is 3.93. The molecule has 3 rings (SSSR count). The van der Waals surface area contributed by atoms with Crippen LogP contribution >= 0.6 is 0 Å². The standard InChI is InChI=1S/C16H19N3O3S/c1-3-19-11(2)8-12-9-13(4-5-15(12)19)17-16(20)18-14-6-7-23(21,22)10-14/h4-9,14H,3,10H2,1-2H3,(H2,17,18,20). The number of aromatic nitrogens is 1. The van der Waals surface area contributed by atoms with Crippen LogP contribution in [0.25, 0.3) is 10.9 Å². The molecule has 1 aromatic heterocycles. The van der Waals surface area contributed by atoms with Crippen molar-refractivity contribution in [1.82, 2.24) is 9.88 Å². The zero-order chi connectivity index (χ0) is 16.6. The molecule has 1 atom stereocenters. The summed E-state index contributed by atoms with van der Waals surface area (Å²) < 4.78 is 24.9. The van der Waals surface area contributed by atoms with Gasteiger partial charge in [0.05, 0.1) is 11.8 Å². The van der Waals surface area contributed by atoms with E-state index in [0.29, 0.717) is 5.69 Å². The van der Waals surface area contributed by atoms with E-state index in [9.17, 15) is 13.2 Å². The van der Waals surface area contributed by atoms with Crippen LogP contribution in [0.4, 0.5) is 10.5 Å². The Morgan fingerprint density at radius 1 is 1.35 bits per heavy atom. The summed E-state index contributed by atoms with van der Waals surface area (Å²) in [6.45, 7) is 5.04. The van der Waals surface area contributed by atoms with Crippen molar-refractivity contribution in [3.8, 4) is 0 Å². The largest absolute Gasteiger partial charge is 0.345 e. The predicted molar refractivity (Wildman–Crippen MR) is 91.2 cm³/mol. The average Bonchev–Trinajstić information content (AvgIpc) is 2.96. The summed E-state index contributed by atoms with van der Waals surface area (Å²) in [5, 5.41) is 7.58. The van der Waals surface area contributed by atoms with Crippen LogP contribution in [0.5, 0.6) is 0 Å². The van der Waals surface area contributed by atoms with E-state index in [-0.39, 0.29) is 5.75 Å². The first-order valence-corrected chi connectivity index (χ1v) is 9.18. The van der Waals surface area contributed by atoms with Crippen molar-refractivity contribution >= 4 is 32.5 Å².